The Bertz CT molecular complexity index is 486. The topological polar surface area (TPSA) is 111 Å². The van der Waals surface area contributed by atoms with Crippen LogP contribution < -0.4 is 10.5 Å². The molecule has 7 nitrogen and oxygen atoms in total. The van der Waals surface area contributed by atoms with E-state index < -0.39 is 21.7 Å². The first-order valence-electron chi connectivity index (χ1n) is 4.21. The Hall–Kier alpha value is -1.83. The third kappa shape index (κ3) is 3.39. The fraction of sp³-hybridized carbons (Fsp3) is 0.250. The van der Waals surface area contributed by atoms with Crippen molar-refractivity contribution < 1.29 is 17.9 Å². The van der Waals surface area contributed by atoms with E-state index in [4.69, 9.17) is 5.73 Å². The van der Waals surface area contributed by atoms with E-state index in [1.165, 1.54) is 18.5 Å². The zero-order valence-corrected chi connectivity index (χ0v) is 9.32. The molecule has 0 fully saturated rings. The van der Waals surface area contributed by atoms with E-state index in [-0.39, 0.29) is 11.4 Å². The Balaban J connectivity index is 2.81. The summed E-state index contributed by atoms with van der Waals surface area (Å²) in [6.07, 6.45) is 2.68. The van der Waals surface area contributed by atoms with Crippen molar-refractivity contribution >= 4 is 27.4 Å². The van der Waals surface area contributed by atoms with Gasteiger partial charge in [0.15, 0.2) is 5.75 Å². The quantitative estimate of drug-likeness (QED) is 0.697. The summed E-state index contributed by atoms with van der Waals surface area (Å²) in [5.74, 6) is -1.61. The molecule has 0 saturated carbocycles. The van der Waals surface area contributed by atoms with Crippen LogP contribution in [0.3, 0.4) is 0 Å². The molecule has 8 heteroatoms. The van der Waals surface area contributed by atoms with Crippen LogP contribution in [0.5, 0.6) is 0 Å². The number of ether oxygens (including phenoxy) is 1. The molecule has 1 aromatic heterocycles. The molecular weight excluding hydrogens is 234 g/mol. The van der Waals surface area contributed by atoms with E-state index in [9.17, 15) is 13.2 Å². The number of nitrogens with one attached hydrogen (secondary N) is 1. The number of pyridine rings is 1. The highest BCUT2D eigenvalue weighted by Gasteiger charge is 2.17. The molecular formula is C8H11N3O4S. The smallest absolute Gasteiger partial charge is 0.322 e. The monoisotopic (exact) mass is 245 g/mol. The number of carbonyl (C=O) groups excluding carboxylic acids is 1. The SMILES string of the molecule is COC(=O)CS(=O)(=O)Nc1ccncc1N. The molecule has 88 valence electrons. The van der Waals surface area contributed by atoms with Gasteiger partial charge in [-0.05, 0) is 6.07 Å². The molecule has 1 aromatic rings. The lowest BCUT2D eigenvalue weighted by molar-refractivity contribution is -0.137. The highest BCUT2D eigenvalue weighted by atomic mass is 32.2. The summed E-state index contributed by atoms with van der Waals surface area (Å²) in [4.78, 5) is 14.5. The van der Waals surface area contributed by atoms with Crippen LogP contribution >= 0.6 is 0 Å². The van der Waals surface area contributed by atoms with E-state index in [1.54, 1.807) is 0 Å². The van der Waals surface area contributed by atoms with E-state index in [0.29, 0.717) is 0 Å². The van der Waals surface area contributed by atoms with Crippen molar-refractivity contribution in [1.29, 1.82) is 0 Å². The average Bonchev–Trinajstić information content (AvgIpc) is 2.20. The number of esters is 1. The average molecular weight is 245 g/mol. The lowest BCUT2D eigenvalue weighted by Gasteiger charge is -2.08. The van der Waals surface area contributed by atoms with Gasteiger partial charge in [-0.1, -0.05) is 0 Å². The van der Waals surface area contributed by atoms with Crippen molar-refractivity contribution in [2.45, 2.75) is 0 Å². The number of hydrogen-bond donors (Lipinski definition) is 2. The number of nitrogens with two attached hydrogens (primary N) is 1. The van der Waals surface area contributed by atoms with Gasteiger partial charge in [-0.25, -0.2) is 8.42 Å². The van der Waals surface area contributed by atoms with Crippen molar-refractivity contribution in [1.82, 2.24) is 4.98 Å². The summed E-state index contributed by atoms with van der Waals surface area (Å²) in [6, 6.07) is 1.39. The van der Waals surface area contributed by atoms with Gasteiger partial charge in [0.1, 0.15) is 0 Å². The lowest BCUT2D eigenvalue weighted by atomic mass is 10.4. The molecule has 0 bridgehead atoms. The summed E-state index contributed by atoms with van der Waals surface area (Å²) in [5, 5.41) is 0. The van der Waals surface area contributed by atoms with Gasteiger partial charge in [0.25, 0.3) is 0 Å². The first kappa shape index (κ1) is 12.2. The largest absolute Gasteiger partial charge is 0.468 e. The number of methoxy groups -OCH3 is 1. The van der Waals surface area contributed by atoms with Crippen LogP contribution in [-0.4, -0.2) is 32.2 Å². The third-order valence-corrected chi connectivity index (χ3v) is 2.80. The molecule has 0 radical (unpaired) electrons. The van der Waals surface area contributed by atoms with E-state index in [2.05, 4.69) is 14.4 Å². The Morgan fingerprint density at radius 2 is 2.31 bits per heavy atom. The summed E-state index contributed by atoms with van der Waals surface area (Å²) < 4.78 is 29.3. The Kier molecular flexibility index (Phi) is 3.67. The molecule has 0 amide bonds. The second-order valence-electron chi connectivity index (χ2n) is 2.90. The van der Waals surface area contributed by atoms with Crippen molar-refractivity contribution in [2.75, 3.05) is 23.3 Å². The van der Waals surface area contributed by atoms with Crippen molar-refractivity contribution in [3.05, 3.63) is 18.5 Å². The maximum atomic E-state index is 11.4. The first-order valence-corrected chi connectivity index (χ1v) is 5.86. The van der Waals surface area contributed by atoms with Gasteiger partial charge >= 0.3 is 5.97 Å². The molecule has 16 heavy (non-hydrogen) atoms. The summed E-state index contributed by atoms with van der Waals surface area (Å²) in [7, 11) is -2.69. The predicted molar refractivity (Wildman–Crippen MR) is 58.1 cm³/mol. The number of nitrogen functional groups attached to an aromatic ring is 1. The molecule has 1 rings (SSSR count). The van der Waals surface area contributed by atoms with Crippen molar-refractivity contribution in [2.24, 2.45) is 0 Å². The highest BCUT2D eigenvalue weighted by Crippen LogP contribution is 2.16. The molecule has 0 saturated heterocycles. The summed E-state index contributed by atoms with van der Waals surface area (Å²) in [6.45, 7) is 0. The maximum Gasteiger partial charge on any atom is 0.322 e. The van der Waals surface area contributed by atoms with Gasteiger partial charge in [0.2, 0.25) is 10.0 Å². The molecule has 0 unspecified atom stereocenters. The number of nitrogens with zero attached hydrogens (tertiary/aromatic N) is 1. The number of aromatic nitrogens is 1. The standard InChI is InChI=1S/C8H11N3O4S/c1-15-8(12)5-16(13,14)11-7-2-3-10-4-6(7)9/h2-4H,5,9H2,1H3,(H,10,11). The molecule has 3 N–H and O–H groups in total. The predicted octanol–water partition coefficient (Wildman–Crippen LogP) is -0.422. The van der Waals surface area contributed by atoms with Gasteiger partial charge < -0.3 is 10.5 Å². The maximum absolute atomic E-state index is 11.4. The molecule has 0 aliphatic rings. The molecule has 0 aliphatic heterocycles. The van der Waals surface area contributed by atoms with Crippen LogP contribution in [0.4, 0.5) is 11.4 Å². The Morgan fingerprint density at radius 3 is 2.88 bits per heavy atom. The van der Waals surface area contributed by atoms with Crippen LogP contribution in [0, 0.1) is 0 Å². The zero-order valence-electron chi connectivity index (χ0n) is 8.50. The van der Waals surface area contributed by atoms with E-state index in [1.807, 2.05) is 0 Å². The number of anilines is 2. The molecule has 0 aromatic carbocycles. The molecule has 0 aliphatic carbocycles. The Morgan fingerprint density at radius 1 is 1.62 bits per heavy atom. The van der Waals surface area contributed by atoms with Gasteiger partial charge in [-0.2, -0.15) is 0 Å². The number of carbonyl (C=O) groups is 1. The van der Waals surface area contributed by atoms with Gasteiger partial charge in [-0.3, -0.25) is 14.5 Å². The minimum atomic E-state index is -3.80. The van der Waals surface area contributed by atoms with Crippen LogP contribution in [0.25, 0.3) is 0 Å². The first-order chi connectivity index (χ1) is 7.44. The minimum Gasteiger partial charge on any atom is -0.468 e. The van der Waals surface area contributed by atoms with Crippen LogP contribution in [0.2, 0.25) is 0 Å². The van der Waals surface area contributed by atoms with Gasteiger partial charge in [0, 0.05) is 6.20 Å². The third-order valence-electron chi connectivity index (χ3n) is 1.65. The summed E-state index contributed by atoms with van der Waals surface area (Å²) in [5.41, 5.74) is 5.84. The zero-order chi connectivity index (χ0) is 12.2. The van der Waals surface area contributed by atoms with Crippen molar-refractivity contribution in [3.8, 4) is 0 Å². The minimum absolute atomic E-state index is 0.177. The van der Waals surface area contributed by atoms with Gasteiger partial charge in [0.05, 0.1) is 24.7 Å². The second kappa shape index (κ2) is 4.79. The highest BCUT2D eigenvalue weighted by molar-refractivity contribution is 7.93. The van der Waals surface area contributed by atoms with Crippen LogP contribution in [0.15, 0.2) is 18.5 Å². The normalized spacial score (nSPS) is 10.8. The van der Waals surface area contributed by atoms with E-state index >= 15 is 0 Å². The molecule has 0 spiro atoms. The summed E-state index contributed by atoms with van der Waals surface area (Å²) >= 11 is 0. The number of hydrogen-bond acceptors (Lipinski definition) is 6. The fourth-order valence-corrected chi connectivity index (χ4v) is 1.94. The van der Waals surface area contributed by atoms with Gasteiger partial charge in [-0.15, -0.1) is 0 Å². The second-order valence-corrected chi connectivity index (χ2v) is 4.62. The number of rotatable bonds is 4. The fourth-order valence-electron chi connectivity index (χ4n) is 0.917. The lowest BCUT2D eigenvalue weighted by Crippen LogP contribution is -2.24. The Labute approximate surface area is 92.7 Å². The molecule has 1 heterocycles. The van der Waals surface area contributed by atoms with Crippen LogP contribution in [-0.2, 0) is 19.6 Å². The molecule has 0 atom stereocenters. The van der Waals surface area contributed by atoms with E-state index in [0.717, 1.165) is 7.11 Å². The van der Waals surface area contributed by atoms with Crippen molar-refractivity contribution in [3.63, 3.8) is 0 Å². The van der Waals surface area contributed by atoms with Crippen LogP contribution in [0.1, 0.15) is 0 Å². The number of sulfonamides is 1.